The fourth-order valence-electron chi connectivity index (χ4n) is 1.22. The molecule has 0 aromatic carbocycles. The van der Waals surface area contributed by atoms with Crippen molar-refractivity contribution in [1.82, 2.24) is 0 Å². The Morgan fingerprint density at radius 1 is 1.50 bits per heavy atom. The normalized spacial score (nSPS) is 34.1. The van der Waals surface area contributed by atoms with E-state index in [0.717, 1.165) is 0 Å². The molecular weight excluding hydrogens is 156 g/mol. The number of hydrogen-bond acceptors (Lipinski definition) is 3. The van der Waals surface area contributed by atoms with Crippen molar-refractivity contribution in [3.8, 4) is 0 Å². The van der Waals surface area contributed by atoms with Gasteiger partial charge in [-0.2, -0.15) is 0 Å². The van der Waals surface area contributed by atoms with Crippen molar-refractivity contribution in [3.63, 3.8) is 0 Å². The molecule has 0 fully saturated rings. The van der Waals surface area contributed by atoms with E-state index in [0.29, 0.717) is 5.92 Å². The SMILES string of the molecule is COC(=O)C1OC=C[C@@H](C)[C@@H]1C. The first-order valence-corrected chi connectivity index (χ1v) is 4.06. The van der Waals surface area contributed by atoms with Crippen LogP contribution in [0, 0.1) is 11.8 Å². The van der Waals surface area contributed by atoms with Crippen molar-refractivity contribution in [2.24, 2.45) is 11.8 Å². The highest BCUT2D eigenvalue weighted by atomic mass is 16.6. The lowest BCUT2D eigenvalue weighted by Crippen LogP contribution is -2.35. The summed E-state index contributed by atoms with van der Waals surface area (Å²) in [5, 5.41) is 0. The van der Waals surface area contributed by atoms with E-state index in [1.807, 2.05) is 13.0 Å². The molecule has 0 radical (unpaired) electrons. The zero-order chi connectivity index (χ0) is 9.14. The van der Waals surface area contributed by atoms with Crippen molar-refractivity contribution in [2.75, 3.05) is 7.11 Å². The smallest absolute Gasteiger partial charge is 0.347 e. The van der Waals surface area contributed by atoms with Crippen molar-refractivity contribution in [3.05, 3.63) is 12.3 Å². The van der Waals surface area contributed by atoms with Gasteiger partial charge < -0.3 is 9.47 Å². The third-order valence-corrected chi connectivity index (χ3v) is 2.35. The van der Waals surface area contributed by atoms with Gasteiger partial charge in [-0.1, -0.05) is 13.8 Å². The van der Waals surface area contributed by atoms with Crippen LogP contribution in [-0.2, 0) is 14.3 Å². The monoisotopic (exact) mass is 170 g/mol. The Balaban J connectivity index is 2.67. The zero-order valence-electron chi connectivity index (χ0n) is 7.61. The van der Waals surface area contributed by atoms with Gasteiger partial charge in [0.05, 0.1) is 13.4 Å². The lowest BCUT2D eigenvalue weighted by Gasteiger charge is -2.28. The Kier molecular flexibility index (Phi) is 2.74. The summed E-state index contributed by atoms with van der Waals surface area (Å²) < 4.78 is 9.77. The molecule has 0 spiro atoms. The molecule has 3 nitrogen and oxygen atoms in total. The third kappa shape index (κ3) is 1.60. The molecule has 0 N–H and O–H groups in total. The van der Waals surface area contributed by atoms with Crippen LogP contribution < -0.4 is 0 Å². The topological polar surface area (TPSA) is 35.5 Å². The Morgan fingerprint density at radius 3 is 2.75 bits per heavy atom. The Hall–Kier alpha value is -0.990. The molecule has 1 unspecified atom stereocenters. The second kappa shape index (κ2) is 3.61. The average Bonchev–Trinajstić information content (AvgIpc) is 2.08. The van der Waals surface area contributed by atoms with Gasteiger partial charge in [0.2, 0.25) is 0 Å². The Bertz CT molecular complexity index is 198. The number of hydrogen-bond donors (Lipinski definition) is 0. The number of carbonyl (C=O) groups excluding carboxylic acids is 1. The maximum absolute atomic E-state index is 11.1. The molecule has 1 aliphatic heterocycles. The number of methoxy groups -OCH3 is 1. The molecule has 0 aliphatic carbocycles. The van der Waals surface area contributed by atoms with Gasteiger partial charge in [-0.15, -0.1) is 0 Å². The van der Waals surface area contributed by atoms with Crippen LogP contribution in [0.25, 0.3) is 0 Å². The molecule has 68 valence electrons. The van der Waals surface area contributed by atoms with Crippen LogP contribution in [0.4, 0.5) is 0 Å². The second-order valence-corrected chi connectivity index (χ2v) is 3.13. The Morgan fingerprint density at radius 2 is 2.17 bits per heavy atom. The van der Waals surface area contributed by atoms with Gasteiger partial charge >= 0.3 is 5.97 Å². The summed E-state index contributed by atoms with van der Waals surface area (Å²) in [6.45, 7) is 4.04. The van der Waals surface area contributed by atoms with Gasteiger partial charge in [0.25, 0.3) is 0 Å². The van der Waals surface area contributed by atoms with E-state index in [1.54, 1.807) is 6.26 Å². The minimum atomic E-state index is -0.435. The quantitative estimate of drug-likeness (QED) is 0.557. The van der Waals surface area contributed by atoms with Crippen molar-refractivity contribution in [2.45, 2.75) is 20.0 Å². The number of esters is 1. The van der Waals surface area contributed by atoms with E-state index < -0.39 is 6.10 Å². The van der Waals surface area contributed by atoms with Gasteiger partial charge in [0, 0.05) is 5.92 Å². The second-order valence-electron chi connectivity index (χ2n) is 3.13. The minimum Gasteiger partial charge on any atom is -0.486 e. The minimum absolute atomic E-state index is 0.183. The van der Waals surface area contributed by atoms with Crippen LogP contribution in [-0.4, -0.2) is 19.2 Å². The molecule has 0 aromatic rings. The first-order valence-electron chi connectivity index (χ1n) is 4.06. The first-order chi connectivity index (χ1) is 5.66. The lowest BCUT2D eigenvalue weighted by molar-refractivity contribution is -0.155. The maximum Gasteiger partial charge on any atom is 0.347 e. The summed E-state index contributed by atoms with van der Waals surface area (Å²) in [5.41, 5.74) is 0. The first kappa shape index (κ1) is 9.10. The number of carbonyl (C=O) groups is 1. The number of rotatable bonds is 1. The molecule has 12 heavy (non-hydrogen) atoms. The van der Waals surface area contributed by atoms with Crippen molar-refractivity contribution >= 4 is 5.97 Å². The molecule has 0 saturated carbocycles. The number of allylic oxidation sites excluding steroid dienone is 1. The molecule has 0 amide bonds. The molecule has 3 atom stereocenters. The van der Waals surface area contributed by atoms with Gasteiger partial charge in [0.1, 0.15) is 0 Å². The summed E-state index contributed by atoms with van der Waals surface area (Å²) >= 11 is 0. The van der Waals surface area contributed by atoms with Crippen LogP contribution in [0.2, 0.25) is 0 Å². The van der Waals surface area contributed by atoms with Crippen LogP contribution in [0.5, 0.6) is 0 Å². The number of ether oxygens (including phenoxy) is 2. The highest BCUT2D eigenvalue weighted by molar-refractivity contribution is 5.75. The van der Waals surface area contributed by atoms with E-state index in [1.165, 1.54) is 7.11 Å². The summed E-state index contributed by atoms with van der Waals surface area (Å²) in [4.78, 5) is 11.1. The summed E-state index contributed by atoms with van der Waals surface area (Å²) in [6, 6.07) is 0. The summed E-state index contributed by atoms with van der Waals surface area (Å²) in [5.74, 6) is 0.254. The molecule has 1 heterocycles. The maximum atomic E-state index is 11.1. The van der Waals surface area contributed by atoms with E-state index in [2.05, 4.69) is 11.7 Å². The summed E-state index contributed by atoms with van der Waals surface area (Å²) in [6.07, 6.45) is 3.09. The molecule has 3 heteroatoms. The standard InChI is InChI=1S/C9H14O3/c1-6-4-5-12-8(7(6)2)9(10)11-3/h4-8H,1-3H3/t6-,7+,8?/m1/s1. The summed E-state index contributed by atoms with van der Waals surface area (Å²) in [7, 11) is 1.38. The van der Waals surface area contributed by atoms with Crippen LogP contribution >= 0.6 is 0 Å². The highest BCUT2D eigenvalue weighted by Gasteiger charge is 2.32. The van der Waals surface area contributed by atoms with Gasteiger partial charge in [-0.05, 0) is 12.0 Å². The molecule has 1 aliphatic rings. The van der Waals surface area contributed by atoms with Crippen molar-refractivity contribution < 1.29 is 14.3 Å². The predicted molar refractivity (Wildman–Crippen MR) is 44.4 cm³/mol. The molecule has 0 aromatic heterocycles. The van der Waals surface area contributed by atoms with E-state index in [4.69, 9.17) is 4.74 Å². The van der Waals surface area contributed by atoms with Crippen LogP contribution in [0.15, 0.2) is 12.3 Å². The fourth-order valence-corrected chi connectivity index (χ4v) is 1.22. The van der Waals surface area contributed by atoms with Gasteiger partial charge in [-0.25, -0.2) is 4.79 Å². The lowest BCUT2D eigenvalue weighted by atomic mass is 9.89. The average molecular weight is 170 g/mol. The third-order valence-electron chi connectivity index (χ3n) is 2.35. The van der Waals surface area contributed by atoms with Gasteiger partial charge in [0.15, 0.2) is 6.10 Å². The molecular formula is C9H14O3. The Labute approximate surface area is 72.4 Å². The van der Waals surface area contributed by atoms with E-state index >= 15 is 0 Å². The largest absolute Gasteiger partial charge is 0.486 e. The molecule has 0 saturated heterocycles. The predicted octanol–water partition coefficient (Wildman–Crippen LogP) is 1.34. The van der Waals surface area contributed by atoms with E-state index in [-0.39, 0.29) is 11.9 Å². The zero-order valence-corrected chi connectivity index (χ0v) is 7.61. The molecule has 0 bridgehead atoms. The van der Waals surface area contributed by atoms with E-state index in [9.17, 15) is 4.79 Å². The van der Waals surface area contributed by atoms with Crippen LogP contribution in [0.1, 0.15) is 13.8 Å². The van der Waals surface area contributed by atoms with Crippen molar-refractivity contribution in [1.29, 1.82) is 0 Å². The fraction of sp³-hybridized carbons (Fsp3) is 0.667. The van der Waals surface area contributed by atoms with Gasteiger partial charge in [-0.3, -0.25) is 0 Å². The van der Waals surface area contributed by atoms with Crippen LogP contribution in [0.3, 0.4) is 0 Å². The highest BCUT2D eigenvalue weighted by Crippen LogP contribution is 2.24. The molecule has 1 rings (SSSR count).